The van der Waals surface area contributed by atoms with Gasteiger partial charge in [0.25, 0.3) is 0 Å². The predicted octanol–water partition coefficient (Wildman–Crippen LogP) is 3.66. The van der Waals surface area contributed by atoms with Crippen LogP contribution in [0.3, 0.4) is 0 Å². The Morgan fingerprint density at radius 1 is 0.815 bits per heavy atom. The van der Waals surface area contributed by atoms with Crippen molar-refractivity contribution in [2.45, 2.75) is 27.3 Å². The van der Waals surface area contributed by atoms with E-state index >= 15 is 0 Å². The molecule has 0 saturated heterocycles. The molecule has 0 saturated carbocycles. The van der Waals surface area contributed by atoms with Crippen LogP contribution < -0.4 is 0 Å². The summed E-state index contributed by atoms with van der Waals surface area (Å²) in [5, 5.41) is 13.7. The number of aryl methyl sites for hydroxylation is 3. The molecule has 0 amide bonds. The van der Waals surface area contributed by atoms with Crippen molar-refractivity contribution in [2.75, 3.05) is 0 Å². The molecular formula is C21H24N6. The highest BCUT2D eigenvalue weighted by Gasteiger charge is 2.18. The lowest BCUT2D eigenvalue weighted by Gasteiger charge is -2.08. The third-order valence-electron chi connectivity index (χ3n) is 5.26. The van der Waals surface area contributed by atoms with Crippen LogP contribution in [0, 0.1) is 20.8 Å². The van der Waals surface area contributed by atoms with Crippen LogP contribution in [-0.2, 0) is 20.6 Å². The van der Waals surface area contributed by atoms with Crippen LogP contribution in [-0.4, -0.2) is 29.3 Å². The highest BCUT2D eigenvalue weighted by atomic mass is 15.3. The van der Waals surface area contributed by atoms with E-state index in [1.165, 1.54) is 11.1 Å². The van der Waals surface area contributed by atoms with Gasteiger partial charge in [-0.3, -0.25) is 14.0 Å². The zero-order chi connectivity index (χ0) is 19.1. The van der Waals surface area contributed by atoms with E-state index in [-0.39, 0.29) is 0 Å². The molecule has 6 heteroatoms. The van der Waals surface area contributed by atoms with E-state index in [2.05, 4.69) is 66.0 Å². The van der Waals surface area contributed by atoms with Gasteiger partial charge in [-0.25, -0.2) is 0 Å². The number of rotatable bonds is 4. The summed E-state index contributed by atoms with van der Waals surface area (Å²) in [5.41, 5.74) is 8.87. The largest absolute Gasteiger partial charge is 0.272 e. The number of benzene rings is 1. The summed E-state index contributed by atoms with van der Waals surface area (Å²) in [6, 6.07) is 10.7. The van der Waals surface area contributed by atoms with Crippen LogP contribution >= 0.6 is 0 Å². The van der Waals surface area contributed by atoms with Gasteiger partial charge in [-0.05, 0) is 32.4 Å². The maximum Gasteiger partial charge on any atom is 0.0964 e. The standard InChI is InChI=1S/C21H24N6/c1-14-6-8-17(9-7-14)13-27-21(19-12-23-26(5)16(19)3)10-20(24-27)18-11-22-25(4)15(18)2/h6-12H,13H2,1-5H3. The first-order valence-electron chi connectivity index (χ1n) is 9.05. The second-order valence-corrected chi connectivity index (χ2v) is 7.09. The quantitative estimate of drug-likeness (QED) is 0.558. The Labute approximate surface area is 159 Å². The zero-order valence-corrected chi connectivity index (χ0v) is 16.4. The molecule has 0 aliphatic carbocycles. The first-order valence-corrected chi connectivity index (χ1v) is 9.05. The Kier molecular flexibility index (Phi) is 4.18. The number of hydrogen-bond donors (Lipinski definition) is 0. The van der Waals surface area contributed by atoms with Gasteiger partial charge in [-0.2, -0.15) is 15.3 Å². The Bertz CT molecular complexity index is 1090. The minimum atomic E-state index is 0.712. The molecule has 0 aliphatic rings. The molecule has 27 heavy (non-hydrogen) atoms. The van der Waals surface area contributed by atoms with E-state index in [1.807, 2.05) is 35.9 Å². The van der Waals surface area contributed by atoms with Gasteiger partial charge in [0.1, 0.15) is 0 Å². The number of nitrogens with zero attached hydrogens (tertiary/aromatic N) is 6. The van der Waals surface area contributed by atoms with Crippen molar-refractivity contribution in [2.24, 2.45) is 14.1 Å². The van der Waals surface area contributed by atoms with Crippen LogP contribution in [0.1, 0.15) is 22.5 Å². The first kappa shape index (κ1) is 17.3. The molecule has 138 valence electrons. The summed E-state index contributed by atoms with van der Waals surface area (Å²) in [5.74, 6) is 0. The van der Waals surface area contributed by atoms with Crippen molar-refractivity contribution in [3.8, 4) is 22.5 Å². The van der Waals surface area contributed by atoms with Gasteiger partial charge in [-0.1, -0.05) is 29.8 Å². The summed E-state index contributed by atoms with van der Waals surface area (Å²) in [7, 11) is 3.92. The van der Waals surface area contributed by atoms with Gasteiger partial charge in [0.2, 0.25) is 0 Å². The molecule has 0 aliphatic heterocycles. The third kappa shape index (κ3) is 3.07. The van der Waals surface area contributed by atoms with Gasteiger partial charge in [0.15, 0.2) is 0 Å². The minimum Gasteiger partial charge on any atom is -0.272 e. The first-order chi connectivity index (χ1) is 12.9. The van der Waals surface area contributed by atoms with E-state index in [1.54, 1.807) is 0 Å². The SMILES string of the molecule is Cc1ccc(Cn2nc(-c3cnn(C)c3C)cc2-c2cnn(C)c2C)cc1. The van der Waals surface area contributed by atoms with Crippen molar-refractivity contribution < 1.29 is 0 Å². The topological polar surface area (TPSA) is 53.5 Å². The molecule has 0 bridgehead atoms. The van der Waals surface area contributed by atoms with Gasteiger partial charge in [0, 0.05) is 36.6 Å². The fraction of sp³-hybridized carbons (Fsp3) is 0.286. The third-order valence-corrected chi connectivity index (χ3v) is 5.26. The van der Waals surface area contributed by atoms with Crippen molar-refractivity contribution in [3.63, 3.8) is 0 Å². The van der Waals surface area contributed by atoms with E-state index in [0.29, 0.717) is 6.54 Å². The highest BCUT2D eigenvalue weighted by molar-refractivity contribution is 5.70. The van der Waals surface area contributed by atoms with Crippen molar-refractivity contribution >= 4 is 0 Å². The summed E-state index contributed by atoms with van der Waals surface area (Å²) in [4.78, 5) is 0. The number of hydrogen-bond acceptors (Lipinski definition) is 3. The van der Waals surface area contributed by atoms with E-state index < -0.39 is 0 Å². The monoisotopic (exact) mass is 360 g/mol. The van der Waals surface area contributed by atoms with Crippen molar-refractivity contribution in [1.29, 1.82) is 0 Å². The zero-order valence-electron chi connectivity index (χ0n) is 16.4. The van der Waals surface area contributed by atoms with E-state index in [4.69, 9.17) is 5.10 Å². The Morgan fingerprint density at radius 2 is 1.41 bits per heavy atom. The lowest BCUT2D eigenvalue weighted by atomic mass is 10.1. The van der Waals surface area contributed by atoms with Crippen LogP contribution in [0.5, 0.6) is 0 Å². The van der Waals surface area contributed by atoms with Crippen LogP contribution in [0.2, 0.25) is 0 Å². The summed E-state index contributed by atoms with van der Waals surface area (Å²) < 4.78 is 5.84. The predicted molar refractivity (Wildman–Crippen MR) is 106 cm³/mol. The lowest BCUT2D eigenvalue weighted by Crippen LogP contribution is -2.04. The van der Waals surface area contributed by atoms with Gasteiger partial charge in [0.05, 0.1) is 30.3 Å². The van der Waals surface area contributed by atoms with Gasteiger partial charge >= 0.3 is 0 Å². The van der Waals surface area contributed by atoms with Crippen LogP contribution in [0.4, 0.5) is 0 Å². The fourth-order valence-electron chi connectivity index (χ4n) is 3.25. The summed E-state index contributed by atoms with van der Waals surface area (Å²) >= 11 is 0. The molecule has 4 aromatic rings. The molecule has 3 aromatic heterocycles. The number of aromatic nitrogens is 6. The maximum absolute atomic E-state index is 4.93. The van der Waals surface area contributed by atoms with Crippen LogP contribution in [0.25, 0.3) is 22.5 Å². The molecule has 0 unspecified atom stereocenters. The van der Waals surface area contributed by atoms with E-state index in [0.717, 1.165) is 33.9 Å². The molecule has 3 heterocycles. The van der Waals surface area contributed by atoms with Crippen LogP contribution in [0.15, 0.2) is 42.7 Å². The molecule has 6 nitrogen and oxygen atoms in total. The second-order valence-electron chi connectivity index (χ2n) is 7.09. The van der Waals surface area contributed by atoms with Crippen molar-refractivity contribution in [3.05, 3.63) is 65.2 Å². The summed E-state index contributed by atoms with van der Waals surface area (Å²) in [6.45, 7) is 6.96. The Hall–Kier alpha value is -3.15. The maximum atomic E-state index is 4.93. The Balaban J connectivity index is 1.83. The molecule has 0 N–H and O–H groups in total. The normalized spacial score (nSPS) is 11.3. The molecule has 0 atom stereocenters. The fourth-order valence-corrected chi connectivity index (χ4v) is 3.25. The average molecular weight is 360 g/mol. The smallest absolute Gasteiger partial charge is 0.0964 e. The van der Waals surface area contributed by atoms with E-state index in [9.17, 15) is 0 Å². The molecule has 1 aromatic carbocycles. The Morgan fingerprint density at radius 3 is 1.96 bits per heavy atom. The highest BCUT2D eigenvalue weighted by Crippen LogP contribution is 2.30. The van der Waals surface area contributed by atoms with Gasteiger partial charge in [-0.15, -0.1) is 0 Å². The summed E-state index contributed by atoms with van der Waals surface area (Å²) in [6.07, 6.45) is 3.80. The minimum absolute atomic E-state index is 0.712. The van der Waals surface area contributed by atoms with Gasteiger partial charge < -0.3 is 0 Å². The van der Waals surface area contributed by atoms with Crippen molar-refractivity contribution in [1.82, 2.24) is 29.3 Å². The average Bonchev–Trinajstić information content (AvgIpc) is 3.30. The molecule has 4 rings (SSSR count). The molecule has 0 spiro atoms. The second kappa shape index (κ2) is 6.54. The molecular weight excluding hydrogens is 336 g/mol. The molecule has 0 fully saturated rings. The molecule has 0 radical (unpaired) electrons. The lowest BCUT2D eigenvalue weighted by molar-refractivity contribution is 0.695.